The summed E-state index contributed by atoms with van der Waals surface area (Å²) < 4.78 is 27.8. The fraction of sp³-hybridized carbons (Fsp3) is 0.739. The van der Waals surface area contributed by atoms with Crippen LogP contribution in [0.15, 0.2) is 24.3 Å². The van der Waals surface area contributed by atoms with Crippen LogP contribution in [-0.4, -0.2) is 24.5 Å². The molecular formula is C23H37F2N. The lowest BCUT2D eigenvalue weighted by Crippen LogP contribution is -2.37. The fourth-order valence-electron chi connectivity index (χ4n) is 4.91. The van der Waals surface area contributed by atoms with Gasteiger partial charge < -0.3 is 4.90 Å². The second kappa shape index (κ2) is 8.37. The van der Waals surface area contributed by atoms with E-state index in [0.717, 1.165) is 38.0 Å². The molecule has 2 aliphatic rings. The maximum absolute atomic E-state index is 13.9. The number of likely N-dealkylation sites (tertiary alicyclic amines) is 1. The van der Waals surface area contributed by atoms with Gasteiger partial charge in [0.2, 0.25) is 0 Å². The molecule has 3 rings (SSSR count). The van der Waals surface area contributed by atoms with Crippen molar-refractivity contribution < 1.29 is 8.78 Å². The summed E-state index contributed by atoms with van der Waals surface area (Å²) in [5, 5.41) is 0. The number of hydrogen-bond donors (Lipinski definition) is 0. The van der Waals surface area contributed by atoms with Crippen LogP contribution in [0.4, 0.5) is 8.78 Å². The van der Waals surface area contributed by atoms with Crippen molar-refractivity contribution in [2.45, 2.75) is 78.6 Å². The van der Waals surface area contributed by atoms with E-state index in [2.05, 4.69) is 24.8 Å². The predicted octanol–water partition coefficient (Wildman–Crippen LogP) is 6.83. The molecule has 0 spiro atoms. The van der Waals surface area contributed by atoms with E-state index in [9.17, 15) is 8.78 Å². The number of halogens is 2. The van der Waals surface area contributed by atoms with Crippen LogP contribution < -0.4 is 0 Å². The summed E-state index contributed by atoms with van der Waals surface area (Å²) in [6, 6.07) is 7.26. The molecule has 26 heavy (non-hydrogen) atoms. The summed E-state index contributed by atoms with van der Waals surface area (Å²) in [5.41, 5.74) is 1.50. The van der Waals surface area contributed by atoms with Gasteiger partial charge in [-0.1, -0.05) is 58.7 Å². The van der Waals surface area contributed by atoms with Gasteiger partial charge in [0.25, 0.3) is 5.92 Å². The van der Waals surface area contributed by atoms with E-state index in [-0.39, 0.29) is 18.4 Å². The third-order valence-corrected chi connectivity index (χ3v) is 6.58. The van der Waals surface area contributed by atoms with Gasteiger partial charge in [-0.3, -0.25) is 0 Å². The van der Waals surface area contributed by atoms with Gasteiger partial charge in [-0.05, 0) is 48.8 Å². The molecule has 1 saturated carbocycles. The molecule has 1 aromatic rings. The second-order valence-electron chi connectivity index (χ2n) is 8.93. The molecule has 1 nitrogen and oxygen atoms in total. The normalized spacial score (nSPS) is 24.9. The first-order chi connectivity index (χ1) is 11.8. The van der Waals surface area contributed by atoms with Crippen molar-refractivity contribution in [2.75, 3.05) is 19.6 Å². The number of rotatable bonds is 5. The number of hydrogen-bond acceptors (Lipinski definition) is 1. The summed E-state index contributed by atoms with van der Waals surface area (Å²) in [6.07, 6.45) is 7.55. The van der Waals surface area contributed by atoms with Gasteiger partial charge >= 0.3 is 0 Å². The third-order valence-electron chi connectivity index (χ3n) is 6.58. The zero-order valence-corrected chi connectivity index (χ0v) is 16.0. The van der Waals surface area contributed by atoms with Gasteiger partial charge in [-0.15, -0.1) is 0 Å². The molecule has 1 aliphatic carbocycles. The topological polar surface area (TPSA) is 3.24 Å². The van der Waals surface area contributed by atoms with Gasteiger partial charge in [0.15, 0.2) is 0 Å². The first-order valence-electron chi connectivity index (χ1n) is 9.98. The standard InChI is InChI=1S/C22H33F2N.CH4/c1-17-10-13-25(15-17)16-20(21(2)11-5-4-6-12-21)18-8-7-9-19(14-18)22(3,23)24;/h7-9,14,17,20H,4-6,10-13,15-16H2,1-3H3;1H4. The first kappa shape index (κ1) is 21.3. The van der Waals surface area contributed by atoms with E-state index in [1.165, 1.54) is 38.5 Å². The molecular weight excluding hydrogens is 328 g/mol. The largest absolute Gasteiger partial charge is 0.302 e. The van der Waals surface area contributed by atoms with E-state index < -0.39 is 5.92 Å². The Hall–Kier alpha value is -0.960. The Morgan fingerprint density at radius 3 is 2.50 bits per heavy atom. The highest BCUT2D eigenvalue weighted by Gasteiger charge is 2.38. The number of nitrogens with zero attached hydrogens (tertiary/aromatic N) is 1. The van der Waals surface area contributed by atoms with Crippen LogP contribution in [0.25, 0.3) is 0 Å². The van der Waals surface area contributed by atoms with Gasteiger partial charge in [0.1, 0.15) is 0 Å². The molecule has 0 amide bonds. The molecule has 0 aromatic heterocycles. The van der Waals surface area contributed by atoms with Crippen molar-refractivity contribution in [1.29, 1.82) is 0 Å². The Morgan fingerprint density at radius 1 is 1.23 bits per heavy atom. The van der Waals surface area contributed by atoms with Crippen molar-refractivity contribution in [3.63, 3.8) is 0 Å². The summed E-state index contributed by atoms with van der Waals surface area (Å²) in [5.74, 6) is -1.66. The van der Waals surface area contributed by atoms with Crippen LogP contribution >= 0.6 is 0 Å². The average molecular weight is 366 g/mol. The van der Waals surface area contributed by atoms with Crippen molar-refractivity contribution >= 4 is 0 Å². The average Bonchev–Trinajstić information content (AvgIpc) is 2.98. The molecule has 1 aliphatic heterocycles. The highest BCUT2D eigenvalue weighted by atomic mass is 19.3. The van der Waals surface area contributed by atoms with Crippen molar-refractivity contribution in [1.82, 2.24) is 4.90 Å². The minimum Gasteiger partial charge on any atom is -0.302 e. The van der Waals surface area contributed by atoms with Crippen LogP contribution in [0.1, 0.15) is 83.8 Å². The number of alkyl halides is 2. The Morgan fingerprint density at radius 2 is 1.92 bits per heavy atom. The Balaban J connectivity index is 0.00000243. The molecule has 1 aromatic carbocycles. The van der Waals surface area contributed by atoms with Gasteiger partial charge in [-0.25, -0.2) is 8.78 Å². The molecule has 2 unspecified atom stereocenters. The summed E-state index contributed by atoms with van der Waals surface area (Å²) >= 11 is 0. The van der Waals surface area contributed by atoms with E-state index in [1.54, 1.807) is 12.1 Å². The van der Waals surface area contributed by atoms with Gasteiger partial charge in [0, 0.05) is 31.5 Å². The quantitative estimate of drug-likeness (QED) is 0.553. The zero-order chi connectivity index (χ0) is 18.1. The lowest BCUT2D eigenvalue weighted by Gasteiger charge is -2.43. The summed E-state index contributed by atoms with van der Waals surface area (Å²) in [4.78, 5) is 2.56. The minimum atomic E-state index is -2.77. The lowest BCUT2D eigenvalue weighted by molar-refractivity contribution is 0.0172. The highest BCUT2D eigenvalue weighted by molar-refractivity contribution is 5.31. The Bertz CT molecular complexity index is 572. The van der Waals surface area contributed by atoms with Crippen LogP contribution in [0, 0.1) is 11.3 Å². The monoisotopic (exact) mass is 365 g/mol. The van der Waals surface area contributed by atoms with E-state index in [0.29, 0.717) is 5.92 Å². The Kier molecular flexibility index (Phi) is 6.87. The zero-order valence-electron chi connectivity index (χ0n) is 16.0. The van der Waals surface area contributed by atoms with Crippen LogP contribution in [-0.2, 0) is 5.92 Å². The molecule has 1 saturated heterocycles. The van der Waals surface area contributed by atoms with Crippen LogP contribution in [0.3, 0.4) is 0 Å². The molecule has 148 valence electrons. The summed E-state index contributed by atoms with van der Waals surface area (Å²) in [7, 11) is 0. The SMILES string of the molecule is C.CC1CCN(CC(c2cccc(C(C)(F)F)c2)C2(C)CCCCC2)C1. The van der Waals surface area contributed by atoms with Crippen molar-refractivity contribution in [3.05, 3.63) is 35.4 Å². The maximum Gasteiger partial charge on any atom is 0.270 e. The molecule has 2 atom stereocenters. The summed E-state index contributed by atoms with van der Waals surface area (Å²) in [6.45, 7) is 9.03. The second-order valence-corrected chi connectivity index (χ2v) is 8.93. The fourth-order valence-corrected chi connectivity index (χ4v) is 4.91. The van der Waals surface area contributed by atoms with E-state index in [1.807, 2.05) is 6.07 Å². The van der Waals surface area contributed by atoms with Crippen LogP contribution in [0.2, 0.25) is 0 Å². The van der Waals surface area contributed by atoms with Gasteiger partial charge in [0.05, 0.1) is 0 Å². The smallest absolute Gasteiger partial charge is 0.270 e. The Labute approximate surface area is 159 Å². The van der Waals surface area contributed by atoms with E-state index in [4.69, 9.17) is 0 Å². The van der Waals surface area contributed by atoms with Crippen molar-refractivity contribution in [2.24, 2.45) is 11.3 Å². The third kappa shape index (κ3) is 4.85. The number of benzene rings is 1. The van der Waals surface area contributed by atoms with Crippen LogP contribution in [0.5, 0.6) is 0 Å². The lowest BCUT2D eigenvalue weighted by atomic mass is 9.64. The maximum atomic E-state index is 13.9. The molecule has 3 heteroatoms. The molecule has 0 N–H and O–H groups in total. The molecule has 0 radical (unpaired) electrons. The first-order valence-corrected chi connectivity index (χ1v) is 9.98. The highest BCUT2D eigenvalue weighted by Crippen LogP contribution is 2.48. The molecule has 2 fully saturated rings. The van der Waals surface area contributed by atoms with Gasteiger partial charge in [-0.2, -0.15) is 0 Å². The predicted molar refractivity (Wildman–Crippen MR) is 107 cm³/mol. The minimum absolute atomic E-state index is 0. The van der Waals surface area contributed by atoms with Crippen molar-refractivity contribution in [3.8, 4) is 0 Å². The molecule has 0 bridgehead atoms. The molecule has 1 heterocycles. The van der Waals surface area contributed by atoms with E-state index >= 15 is 0 Å².